The first-order valence-corrected chi connectivity index (χ1v) is 6.18. The van der Waals surface area contributed by atoms with Crippen molar-refractivity contribution in [3.05, 3.63) is 0 Å². The summed E-state index contributed by atoms with van der Waals surface area (Å²) < 4.78 is 16.2. The lowest BCUT2D eigenvalue weighted by Gasteiger charge is -2.41. The predicted molar refractivity (Wildman–Crippen MR) is 63.8 cm³/mol. The number of nitrogens with one attached hydrogen (secondary N) is 1. The molecule has 0 aromatic carbocycles. The fourth-order valence-corrected chi connectivity index (χ4v) is 1.95. The van der Waals surface area contributed by atoms with Gasteiger partial charge in [-0.1, -0.05) is 0 Å². The lowest BCUT2D eigenvalue weighted by atomic mass is 9.77. The second kappa shape index (κ2) is 8.01. The highest BCUT2D eigenvalue weighted by Gasteiger charge is 2.37. The van der Waals surface area contributed by atoms with E-state index >= 15 is 0 Å². The predicted octanol–water partition coefficient (Wildman–Crippen LogP) is 1.20. The first-order chi connectivity index (χ1) is 7.83. The standard InChI is InChI=1S/C12H25NO3/c1-13-7-6-12(4-3-5-12)16-11-10-15-9-8-14-2/h13H,3-11H2,1-2H3. The van der Waals surface area contributed by atoms with Crippen LogP contribution in [0.4, 0.5) is 0 Å². The van der Waals surface area contributed by atoms with Gasteiger partial charge in [-0.2, -0.15) is 0 Å². The van der Waals surface area contributed by atoms with Crippen molar-refractivity contribution in [2.45, 2.75) is 31.3 Å². The molecule has 4 heteroatoms. The molecule has 1 N–H and O–H groups in total. The van der Waals surface area contributed by atoms with Crippen LogP contribution in [-0.2, 0) is 14.2 Å². The first-order valence-electron chi connectivity index (χ1n) is 6.18. The van der Waals surface area contributed by atoms with Gasteiger partial charge in [0.05, 0.1) is 32.0 Å². The zero-order valence-corrected chi connectivity index (χ0v) is 10.6. The smallest absolute Gasteiger partial charge is 0.0708 e. The van der Waals surface area contributed by atoms with Crippen LogP contribution in [0.25, 0.3) is 0 Å². The molecule has 0 atom stereocenters. The maximum atomic E-state index is 5.94. The zero-order chi connectivity index (χ0) is 11.7. The van der Waals surface area contributed by atoms with E-state index in [0.717, 1.165) is 13.0 Å². The van der Waals surface area contributed by atoms with Crippen molar-refractivity contribution in [1.82, 2.24) is 5.32 Å². The lowest BCUT2D eigenvalue weighted by Crippen LogP contribution is -2.43. The topological polar surface area (TPSA) is 39.7 Å². The van der Waals surface area contributed by atoms with Crippen LogP contribution in [0.3, 0.4) is 0 Å². The molecule has 0 saturated heterocycles. The molecule has 0 bridgehead atoms. The molecule has 1 saturated carbocycles. The summed E-state index contributed by atoms with van der Waals surface area (Å²) in [5.41, 5.74) is 0.146. The normalized spacial score (nSPS) is 18.4. The van der Waals surface area contributed by atoms with Crippen LogP contribution < -0.4 is 5.32 Å². The Morgan fingerprint density at radius 2 is 1.88 bits per heavy atom. The fraction of sp³-hybridized carbons (Fsp3) is 1.00. The summed E-state index contributed by atoms with van der Waals surface area (Å²) in [4.78, 5) is 0. The number of rotatable bonds is 10. The van der Waals surface area contributed by atoms with E-state index in [2.05, 4.69) is 5.32 Å². The van der Waals surface area contributed by atoms with E-state index < -0.39 is 0 Å². The Bertz CT molecular complexity index is 172. The van der Waals surface area contributed by atoms with Gasteiger partial charge in [-0.3, -0.25) is 0 Å². The average Bonchev–Trinajstić information content (AvgIpc) is 2.25. The van der Waals surface area contributed by atoms with Gasteiger partial charge in [0.1, 0.15) is 0 Å². The Hall–Kier alpha value is -0.160. The van der Waals surface area contributed by atoms with Gasteiger partial charge in [-0.15, -0.1) is 0 Å². The molecule has 1 aliphatic carbocycles. The Morgan fingerprint density at radius 1 is 1.12 bits per heavy atom. The summed E-state index contributed by atoms with van der Waals surface area (Å²) in [5.74, 6) is 0. The van der Waals surface area contributed by atoms with Gasteiger partial charge < -0.3 is 19.5 Å². The van der Waals surface area contributed by atoms with E-state index in [1.165, 1.54) is 19.3 Å². The molecule has 0 heterocycles. The van der Waals surface area contributed by atoms with E-state index in [-0.39, 0.29) is 5.60 Å². The average molecular weight is 231 g/mol. The van der Waals surface area contributed by atoms with Crippen molar-refractivity contribution in [3.63, 3.8) is 0 Å². The Kier molecular flexibility index (Phi) is 6.96. The monoisotopic (exact) mass is 231 g/mol. The molecule has 1 rings (SSSR count). The van der Waals surface area contributed by atoms with E-state index in [9.17, 15) is 0 Å². The number of hydrogen-bond acceptors (Lipinski definition) is 4. The molecule has 0 unspecified atom stereocenters. The lowest BCUT2D eigenvalue weighted by molar-refractivity contribution is -0.118. The molecule has 96 valence electrons. The van der Waals surface area contributed by atoms with Crippen LogP contribution in [-0.4, -0.2) is 52.7 Å². The highest BCUT2D eigenvalue weighted by atomic mass is 16.5. The van der Waals surface area contributed by atoms with Gasteiger partial charge in [0.15, 0.2) is 0 Å². The summed E-state index contributed by atoms with van der Waals surface area (Å²) in [6, 6.07) is 0. The molecule has 0 amide bonds. The summed E-state index contributed by atoms with van der Waals surface area (Å²) >= 11 is 0. The third-order valence-corrected chi connectivity index (χ3v) is 3.16. The van der Waals surface area contributed by atoms with Gasteiger partial charge in [-0.25, -0.2) is 0 Å². The Balaban J connectivity index is 2.00. The van der Waals surface area contributed by atoms with E-state index in [1.54, 1.807) is 7.11 Å². The second-order valence-electron chi connectivity index (χ2n) is 4.34. The highest BCUT2D eigenvalue weighted by molar-refractivity contribution is 4.90. The van der Waals surface area contributed by atoms with Crippen LogP contribution in [0.1, 0.15) is 25.7 Å². The van der Waals surface area contributed by atoms with Crippen molar-refractivity contribution in [1.29, 1.82) is 0 Å². The second-order valence-corrected chi connectivity index (χ2v) is 4.34. The van der Waals surface area contributed by atoms with E-state index in [4.69, 9.17) is 14.2 Å². The van der Waals surface area contributed by atoms with Crippen molar-refractivity contribution in [2.75, 3.05) is 47.1 Å². The van der Waals surface area contributed by atoms with Crippen molar-refractivity contribution >= 4 is 0 Å². The molecular formula is C12H25NO3. The van der Waals surface area contributed by atoms with Crippen LogP contribution in [0.2, 0.25) is 0 Å². The summed E-state index contributed by atoms with van der Waals surface area (Å²) in [5, 5.41) is 3.18. The summed E-state index contributed by atoms with van der Waals surface area (Å²) in [6.45, 7) is 3.72. The molecule has 4 nitrogen and oxygen atoms in total. The largest absolute Gasteiger partial charge is 0.382 e. The number of methoxy groups -OCH3 is 1. The molecule has 0 spiro atoms. The van der Waals surface area contributed by atoms with Gasteiger partial charge in [-0.05, 0) is 39.3 Å². The van der Waals surface area contributed by atoms with Gasteiger partial charge >= 0.3 is 0 Å². The molecule has 16 heavy (non-hydrogen) atoms. The summed E-state index contributed by atoms with van der Waals surface area (Å²) in [6.07, 6.45) is 4.81. The first kappa shape index (κ1) is 13.9. The Morgan fingerprint density at radius 3 is 2.44 bits per heavy atom. The number of hydrogen-bond donors (Lipinski definition) is 1. The van der Waals surface area contributed by atoms with E-state index in [1.807, 2.05) is 7.05 Å². The third-order valence-electron chi connectivity index (χ3n) is 3.16. The maximum Gasteiger partial charge on any atom is 0.0708 e. The van der Waals surface area contributed by atoms with Crippen molar-refractivity contribution < 1.29 is 14.2 Å². The van der Waals surface area contributed by atoms with Crippen LogP contribution >= 0.6 is 0 Å². The molecule has 0 aliphatic heterocycles. The number of ether oxygens (including phenoxy) is 3. The Labute approximate surface area is 98.6 Å². The summed E-state index contributed by atoms with van der Waals surface area (Å²) in [7, 11) is 3.67. The molecule has 0 aromatic rings. The molecule has 1 aliphatic rings. The van der Waals surface area contributed by atoms with Gasteiger partial charge in [0.2, 0.25) is 0 Å². The van der Waals surface area contributed by atoms with Crippen LogP contribution in [0, 0.1) is 0 Å². The highest BCUT2D eigenvalue weighted by Crippen LogP contribution is 2.38. The maximum absolute atomic E-state index is 5.94. The van der Waals surface area contributed by atoms with Gasteiger partial charge in [0.25, 0.3) is 0 Å². The molecule has 1 fully saturated rings. The third kappa shape index (κ3) is 4.78. The van der Waals surface area contributed by atoms with Crippen molar-refractivity contribution in [3.8, 4) is 0 Å². The minimum absolute atomic E-state index is 0.146. The molecule has 0 radical (unpaired) electrons. The SMILES string of the molecule is CNCCC1(OCCOCCOC)CCC1. The van der Waals surface area contributed by atoms with Gasteiger partial charge in [0, 0.05) is 7.11 Å². The minimum atomic E-state index is 0.146. The quantitative estimate of drug-likeness (QED) is 0.573. The molecule has 0 aromatic heterocycles. The minimum Gasteiger partial charge on any atom is -0.382 e. The molecular weight excluding hydrogens is 206 g/mol. The van der Waals surface area contributed by atoms with Crippen molar-refractivity contribution in [2.24, 2.45) is 0 Å². The fourth-order valence-electron chi connectivity index (χ4n) is 1.95. The van der Waals surface area contributed by atoms with Crippen LogP contribution in [0.15, 0.2) is 0 Å². The van der Waals surface area contributed by atoms with Crippen LogP contribution in [0.5, 0.6) is 0 Å². The zero-order valence-electron chi connectivity index (χ0n) is 10.6. The van der Waals surface area contributed by atoms with E-state index in [0.29, 0.717) is 26.4 Å².